The van der Waals surface area contributed by atoms with E-state index in [4.69, 9.17) is 13.9 Å². The Morgan fingerprint density at radius 1 is 1.27 bits per heavy atom. The van der Waals surface area contributed by atoms with Gasteiger partial charge in [0.1, 0.15) is 22.6 Å². The van der Waals surface area contributed by atoms with Gasteiger partial charge in [0.05, 0.1) is 7.11 Å². The second kappa shape index (κ2) is 7.40. The van der Waals surface area contributed by atoms with Gasteiger partial charge in [-0.1, -0.05) is 6.92 Å². The van der Waals surface area contributed by atoms with E-state index in [0.717, 1.165) is 42.4 Å². The Morgan fingerprint density at radius 2 is 2.04 bits per heavy atom. The fourth-order valence-electron chi connectivity index (χ4n) is 3.33. The summed E-state index contributed by atoms with van der Waals surface area (Å²) >= 11 is 0. The fourth-order valence-corrected chi connectivity index (χ4v) is 3.33. The number of hydrogen-bond donors (Lipinski definition) is 1. The molecule has 140 valence electrons. The molecule has 1 unspecified atom stereocenters. The molecule has 1 aliphatic rings. The molecular weight excluding hydrogens is 334 g/mol. The van der Waals surface area contributed by atoms with E-state index in [9.17, 15) is 9.59 Å². The van der Waals surface area contributed by atoms with Gasteiger partial charge in [-0.15, -0.1) is 0 Å². The number of carbonyl (C=O) groups is 2. The van der Waals surface area contributed by atoms with E-state index in [1.807, 2.05) is 19.1 Å². The molecule has 0 saturated carbocycles. The van der Waals surface area contributed by atoms with E-state index in [0.29, 0.717) is 12.2 Å². The van der Waals surface area contributed by atoms with Crippen molar-refractivity contribution in [3.63, 3.8) is 0 Å². The molecule has 1 heterocycles. The molecule has 0 spiro atoms. The molecule has 6 heteroatoms. The minimum absolute atomic E-state index is 0.169. The van der Waals surface area contributed by atoms with E-state index in [1.54, 1.807) is 13.0 Å². The maximum absolute atomic E-state index is 12.2. The number of hydrogen-bond acceptors (Lipinski definition) is 5. The van der Waals surface area contributed by atoms with Gasteiger partial charge in [-0.3, -0.25) is 4.79 Å². The Bertz CT molecular complexity index is 825. The molecule has 0 bridgehead atoms. The summed E-state index contributed by atoms with van der Waals surface area (Å²) < 4.78 is 16.3. The topological polar surface area (TPSA) is 77.8 Å². The normalized spacial score (nSPS) is 15.8. The van der Waals surface area contributed by atoms with Crippen molar-refractivity contribution in [3.8, 4) is 5.75 Å². The maximum atomic E-state index is 12.2. The van der Waals surface area contributed by atoms with Crippen molar-refractivity contribution >= 4 is 22.8 Å². The zero-order valence-corrected chi connectivity index (χ0v) is 15.5. The predicted molar refractivity (Wildman–Crippen MR) is 97.2 cm³/mol. The number of rotatable bonds is 6. The summed E-state index contributed by atoms with van der Waals surface area (Å²) in [6.45, 7) is 3.28. The molecular formula is C20H25NO5. The number of carbonyl (C=O) groups excluding carboxylic acids is 2. The zero-order chi connectivity index (χ0) is 18.7. The number of methoxy groups -OCH3 is 1. The highest BCUT2D eigenvalue weighted by molar-refractivity contribution is 5.88. The van der Waals surface area contributed by atoms with Gasteiger partial charge in [0, 0.05) is 17.4 Å². The summed E-state index contributed by atoms with van der Waals surface area (Å²) in [7, 11) is 1.31. The van der Waals surface area contributed by atoms with Crippen LogP contribution in [0.5, 0.6) is 5.75 Å². The largest absolute Gasteiger partial charge is 0.484 e. The van der Waals surface area contributed by atoms with Gasteiger partial charge in [0.15, 0.2) is 6.61 Å². The van der Waals surface area contributed by atoms with Crippen LogP contribution in [0.4, 0.5) is 0 Å². The molecule has 26 heavy (non-hydrogen) atoms. The van der Waals surface area contributed by atoms with E-state index in [-0.39, 0.29) is 12.5 Å². The maximum Gasteiger partial charge on any atom is 0.331 e. The van der Waals surface area contributed by atoms with Crippen LogP contribution in [0.1, 0.15) is 44.4 Å². The van der Waals surface area contributed by atoms with Crippen LogP contribution in [0.2, 0.25) is 0 Å². The first kappa shape index (κ1) is 18.3. The van der Waals surface area contributed by atoms with Crippen molar-refractivity contribution in [1.29, 1.82) is 0 Å². The van der Waals surface area contributed by atoms with Crippen molar-refractivity contribution in [3.05, 3.63) is 29.5 Å². The number of ether oxygens (including phenoxy) is 2. The average Bonchev–Trinajstić information content (AvgIpc) is 3.03. The highest BCUT2D eigenvalue weighted by atomic mass is 16.5. The number of nitrogens with one attached hydrogen (secondary N) is 1. The minimum Gasteiger partial charge on any atom is -0.484 e. The molecule has 1 aromatic heterocycles. The molecule has 0 fully saturated rings. The Kier molecular flexibility index (Phi) is 5.20. The highest BCUT2D eigenvalue weighted by Gasteiger charge is 2.34. The number of benzene rings is 1. The lowest BCUT2D eigenvalue weighted by Gasteiger charge is -2.26. The van der Waals surface area contributed by atoms with Crippen molar-refractivity contribution in [2.24, 2.45) is 0 Å². The van der Waals surface area contributed by atoms with Crippen LogP contribution in [-0.4, -0.2) is 31.1 Å². The monoisotopic (exact) mass is 359 g/mol. The first-order chi connectivity index (χ1) is 12.5. The molecule has 1 atom stereocenters. The van der Waals surface area contributed by atoms with Crippen LogP contribution in [-0.2, 0) is 27.2 Å². The number of amides is 1. The zero-order valence-electron chi connectivity index (χ0n) is 15.5. The standard InChI is InChI=1S/C20H25NO5/c1-4-20(2,19(23)24-3)21-18(22)12-25-13-9-10-17-15(11-13)14-7-5-6-8-16(14)26-17/h9-11H,4-8,12H2,1-3H3,(H,21,22). The lowest BCUT2D eigenvalue weighted by molar-refractivity contribution is -0.150. The van der Waals surface area contributed by atoms with Crippen molar-refractivity contribution in [2.45, 2.75) is 51.5 Å². The molecule has 2 aromatic rings. The quantitative estimate of drug-likeness (QED) is 0.802. The van der Waals surface area contributed by atoms with Gasteiger partial charge < -0.3 is 19.2 Å². The van der Waals surface area contributed by atoms with Gasteiger partial charge in [-0.05, 0) is 50.8 Å². The Balaban J connectivity index is 1.67. The first-order valence-electron chi connectivity index (χ1n) is 9.03. The van der Waals surface area contributed by atoms with E-state index < -0.39 is 11.5 Å². The number of fused-ring (bicyclic) bond motifs is 3. The first-order valence-corrected chi connectivity index (χ1v) is 9.03. The molecule has 0 saturated heterocycles. The Hall–Kier alpha value is -2.50. The van der Waals surface area contributed by atoms with Crippen LogP contribution >= 0.6 is 0 Å². The minimum atomic E-state index is -1.05. The second-order valence-electron chi connectivity index (χ2n) is 6.88. The van der Waals surface area contributed by atoms with Crippen LogP contribution in [0.25, 0.3) is 11.0 Å². The molecule has 0 aliphatic heterocycles. The summed E-state index contributed by atoms with van der Waals surface area (Å²) in [6.07, 6.45) is 4.75. The summed E-state index contributed by atoms with van der Waals surface area (Å²) in [5.41, 5.74) is 1.06. The van der Waals surface area contributed by atoms with Crippen LogP contribution in [0.15, 0.2) is 22.6 Å². The molecule has 3 rings (SSSR count). The van der Waals surface area contributed by atoms with Crippen molar-refractivity contribution < 1.29 is 23.5 Å². The smallest absolute Gasteiger partial charge is 0.331 e. The molecule has 1 aromatic carbocycles. The van der Waals surface area contributed by atoms with Gasteiger partial charge in [-0.2, -0.15) is 0 Å². The average molecular weight is 359 g/mol. The third-order valence-corrected chi connectivity index (χ3v) is 5.05. The Morgan fingerprint density at radius 3 is 2.77 bits per heavy atom. The van der Waals surface area contributed by atoms with Crippen LogP contribution in [0, 0.1) is 0 Å². The van der Waals surface area contributed by atoms with Gasteiger partial charge >= 0.3 is 5.97 Å². The number of furan rings is 1. The van der Waals surface area contributed by atoms with E-state index >= 15 is 0 Å². The van der Waals surface area contributed by atoms with Crippen molar-refractivity contribution in [1.82, 2.24) is 5.32 Å². The molecule has 1 aliphatic carbocycles. The number of aryl methyl sites for hydroxylation is 2. The SMILES string of the molecule is CCC(C)(NC(=O)COc1ccc2oc3c(c2c1)CCCC3)C(=O)OC. The second-order valence-corrected chi connectivity index (χ2v) is 6.88. The van der Waals surface area contributed by atoms with Gasteiger partial charge in [0.25, 0.3) is 5.91 Å². The lowest BCUT2D eigenvalue weighted by atomic mass is 9.96. The van der Waals surface area contributed by atoms with Crippen LogP contribution < -0.4 is 10.1 Å². The molecule has 1 N–H and O–H groups in total. The summed E-state index contributed by atoms with van der Waals surface area (Å²) in [5, 5.41) is 3.75. The Labute approximate surface area is 152 Å². The fraction of sp³-hybridized carbons (Fsp3) is 0.500. The summed E-state index contributed by atoms with van der Waals surface area (Å²) in [4.78, 5) is 24.0. The third-order valence-electron chi connectivity index (χ3n) is 5.05. The summed E-state index contributed by atoms with van der Waals surface area (Å²) in [5.74, 6) is 0.838. The lowest BCUT2D eigenvalue weighted by Crippen LogP contribution is -2.53. The third kappa shape index (κ3) is 3.54. The van der Waals surface area contributed by atoms with E-state index in [1.165, 1.54) is 12.7 Å². The van der Waals surface area contributed by atoms with Crippen molar-refractivity contribution in [2.75, 3.05) is 13.7 Å². The summed E-state index contributed by atoms with van der Waals surface area (Å²) in [6, 6.07) is 5.60. The highest BCUT2D eigenvalue weighted by Crippen LogP contribution is 2.33. The molecule has 0 radical (unpaired) electrons. The number of esters is 1. The molecule has 6 nitrogen and oxygen atoms in total. The predicted octanol–water partition coefficient (Wildman–Crippen LogP) is 3.15. The van der Waals surface area contributed by atoms with E-state index in [2.05, 4.69) is 5.32 Å². The van der Waals surface area contributed by atoms with Gasteiger partial charge in [0.2, 0.25) is 0 Å². The van der Waals surface area contributed by atoms with Crippen LogP contribution in [0.3, 0.4) is 0 Å². The molecule has 1 amide bonds. The van der Waals surface area contributed by atoms with Gasteiger partial charge in [-0.25, -0.2) is 4.79 Å².